The van der Waals surface area contributed by atoms with E-state index in [0.29, 0.717) is 0 Å². The summed E-state index contributed by atoms with van der Waals surface area (Å²) in [6.07, 6.45) is 7.13. The van der Waals surface area contributed by atoms with Crippen LogP contribution in [0.1, 0.15) is 18.3 Å². The van der Waals surface area contributed by atoms with Crippen molar-refractivity contribution in [3.8, 4) is 0 Å². The van der Waals surface area contributed by atoms with Crippen molar-refractivity contribution in [3.63, 3.8) is 0 Å². The number of fused-ring (bicyclic) bond motifs is 1. The molecule has 0 saturated heterocycles. The zero-order chi connectivity index (χ0) is 11.1. The first-order valence-electron chi connectivity index (χ1n) is 4.94. The second-order valence-electron chi connectivity index (χ2n) is 4.06. The number of nitrogens with zero attached hydrogens (tertiary/aromatic N) is 2. The van der Waals surface area contributed by atoms with Gasteiger partial charge in [-0.2, -0.15) is 0 Å². The maximum Gasteiger partial charge on any atom is 0.101 e. The van der Waals surface area contributed by atoms with Gasteiger partial charge in [0, 0.05) is 0 Å². The number of aliphatic hydroxyl groups is 1. The minimum absolute atomic E-state index is 0.744. The Morgan fingerprint density at radius 1 is 1.13 bits per heavy atom. The van der Waals surface area contributed by atoms with Gasteiger partial charge in [0.2, 0.25) is 0 Å². The number of rotatable bonds is 0. The molecular formula is C12H14N2O. The van der Waals surface area contributed by atoms with E-state index in [4.69, 9.17) is 0 Å². The average molecular weight is 202 g/mol. The fourth-order valence-corrected chi connectivity index (χ4v) is 1.53. The predicted molar refractivity (Wildman–Crippen MR) is 59.4 cm³/mol. The normalized spacial score (nSPS) is 23.7. The Labute approximate surface area is 88.5 Å². The Bertz CT molecular complexity index is 541. The summed E-state index contributed by atoms with van der Waals surface area (Å²) >= 11 is 0. The van der Waals surface area contributed by atoms with Crippen molar-refractivity contribution in [2.24, 2.45) is 0 Å². The second-order valence-corrected chi connectivity index (χ2v) is 4.06. The molecule has 0 aliphatic heterocycles. The van der Waals surface area contributed by atoms with E-state index >= 15 is 0 Å². The minimum atomic E-state index is -0.946. The Morgan fingerprint density at radius 3 is 2.40 bits per heavy atom. The highest BCUT2D eigenvalue weighted by molar-refractivity contribution is 5.47. The van der Waals surface area contributed by atoms with Gasteiger partial charge >= 0.3 is 0 Å². The largest absolute Gasteiger partial charge is 0.382 e. The van der Waals surface area contributed by atoms with Gasteiger partial charge in [-0.1, -0.05) is 6.08 Å². The lowest BCUT2D eigenvalue weighted by Gasteiger charge is -2.11. The first kappa shape index (κ1) is 10.1. The van der Waals surface area contributed by atoms with Crippen molar-refractivity contribution >= 4 is 12.2 Å². The van der Waals surface area contributed by atoms with E-state index in [0.717, 1.165) is 22.1 Å². The molecule has 2 rings (SSSR count). The SMILES string of the molecule is Cc1nc2c(nc1C)=CC(C)(O)C=CC=2. The van der Waals surface area contributed by atoms with Crippen LogP contribution in [0.2, 0.25) is 0 Å². The van der Waals surface area contributed by atoms with Crippen LogP contribution < -0.4 is 10.7 Å². The lowest BCUT2D eigenvalue weighted by molar-refractivity contribution is 0.180. The molecule has 0 fully saturated rings. The Morgan fingerprint density at radius 2 is 1.73 bits per heavy atom. The molecule has 0 amide bonds. The first-order chi connectivity index (χ1) is 6.98. The maximum atomic E-state index is 9.93. The van der Waals surface area contributed by atoms with Crippen molar-refractivity contribution in [1.29, 1.82) is 0 Å². The summed E-state index contributed by atoms with van der Waals surface area (Å²) < 4.78 is 0. The van der Waals surface area contributed by atoms with Crippen LogP contribution in [0.25, 0.3) is 12.2 Å². The van der Waals surface area contributed by atoms with Crippen LogP contribution in [-0.2, 0) is 0 Å². The van der Waals surface area contributed by atoms with Crippen molar-refractivity contribution in [1.82, 2.24) is 9.97 Å². The van der Waals surface area contributed by atoms with Crippen molar-refractivity contribution in [2.75, 3.05) is 0 Å². The second kappa shape index (κ2) is 3.28. The molecule has 1 heterocycles. The van der Waals surface area contributed by atoms with Crippen LogP contribution >= 0.6 is 0 Å². The van der Waals surface area contributed by atoms with Gasteiger partial charge in [0.1, 0.15) is 5.60 Å². The van der Waals surface area contributed by atoms with E-state index in [1.54, 1.807) is 19.1 Å². The fraction of sp³-hybridized carbons (Fsp3) is 0.333. The van der Waals surface area contributed by atoms with E-state index in [1.165, 1.54) is 0 Å². The van der Waals surface area contributed by atoms with E-state index in [-0.39, 0.29) is 0 Å². The molecule has 0 radical (unpaired) electrons. The van der Waals surface area contributed by atoms with Crippen LogP contribution in [0.15, 0.2) is 12.2 Å². The summed E-state index contributed by atoms with van der Waals surface area (Å²) in [5, 5.41) is 11.5. The molecule has 1 aliphatic rings. The van der Waals surface area contributed by atoms with Crippen LogP contribution in [0.3, 0.4) is 0 Å². The van der Waals surface area contributed by atoms with Gasteiger partial charge in [0.05, 0.1) is 22.1 Å². The summed E-state index contributed by atoms with van der Waals surface area (Å²) in [6.45, 7) is 5.58. The van der Waals surface area contributed by atoms with Crippen molar-refractivity contribution in [2.45, 2.75) is 26.4 Å². The summed E-state index contributed by atoms with van der Waals surface area (Å²) in [5.41, 5.74) is 0.877. The number of hydrogen-bond acceptors (Lipinski definition) is 3. The van der Waals surface area contributed by atoms with E-state index in [1.807, 2.05) is 26.0 Å². The topological polar surface area (TPSA) is 46.0 Å². The zero-order valence-corrected chi connectivity index (χ0v) is 9.15. The van der Waals surface area contributed by atoms with Gasteiger partial charge in [-0.3, -0.25) is 0 Å². The molecule has 0 saturated carbocycles. The molecular weight excluding hydrogens is 188 g/mol. The molecule has 78 valence electrons. The van der Waals surface area contributed by atoms with Crippen LogP contribution in [-0.4, -0.2) is 20.7 Å². The number of aromatic nitrogens is 2. The highest BCUT2D eigenvalue weighted by Gasteiger charge is 2.13. The number of allylic oxidation sites excluding steroid dienone is 1. The standard InChI is InChI=1S/C12H14N2O/c1-8-9(2)14-11-7-12(3,15)6-4-5-10(11)13-8/h4-7,15H,1-3H3. The molecule has 0 aromatic carbocycles. The molecule has 3 nitrogen and oxygen atoms in total. The predicted octanol–water partition coefficient (Wildman–Crippen LogP) is -0.0248. The third-order valence-electron chi connectivity index (χ3n) is 2.48. The van der Waals surface area contributed by atoms with E-state index in [9.17, 15) is 5.11 Å². The quantitative estimate of drug-likeness (QED) is 0.643. The fourth-order valence-electron chi connectivity index (χ4n) is 1.53. The molecule has 15 heavy (non-hydrogen) atoms. The van der Waals surface area contributed by atoms with Crippen LogP contribution in [0, 0.1) is 13.8 Å². The van der Waals surface area contributed by atoms with Crippen LogP contribution in [0.5, 0.6) is 0 Å². The molecule has 1 aliphatic carbocycles. The summed E-state index contributed by atoms with van der Waals surface area (Å²) in [5.74, 6) is 0. The smallest absolute Gasteiger partial charge is 0.101 e. The Balaban J connectivity index is 2.81. The summed E-state index contributed by atoms with van der Waals surface area (Å²) in [7, 11) is 0. The number of hydrogen-bond donors (Lipinski definition) is 1. The third-order valence-corrected chi connectivity index (χ3v) is 2.48. The zero-order valence-electron chi connectivity index (χ0n) is 9.15. The van der Waals surface area contributed by atoms with Gasteiger partial charge in [0.15, 0.2) is 0 Å². The molecule has 0 spiro atoms. The van der Waals surface area contributed by atoms with Gasteiger partial charge < -0.3 is 5.11 Å². The summed E-state index contributed by atoms with van der Waals surface area (Å²) in [4.78, 5) is 8.85. The third kappa shape index (κ3) is 1.97. The first-order valence-corrected chi connectivity index (χ1v) is 4.94. The molecule has 3 heteroatoms. The Hall–Kier alpha value is -1.48. The van der Waals surface area contributed by atoms with Gasteiger partial charge in [-0.25, -0.2) is 9.97 Å². The minimum Gasteiger partial charge on any atom is -0.382 e. The molecule has 1 aromatic rings. The van der Waals surface area contributed by atoms with E-state index in [2.05, 4.69) is 9.97 Å². The van der Waals surface area contributed by atoms with Gasteiger partial charge in [0.25, 0.3) is 0 Å². The van der Waals surface area contributed by atoms with Gasteiger partial charge in [-0.05, 0) is 39.0 Å². The lowest BCUT2D eigenvalue weighted by Crippen LogP contribution is -2.35. The monoisotopic (exact) mass is 202 g/mol. The maximum absolute atomic E-state index is 9.93. The molecule has 1 unspecified atom stereocenters. The molecule has 0 bridgehead atoms. The summed E-state index contributed by atoms with van der Waals surface area (Å²) in [6, 6.07) is 0. The van der Waals surface area contributed by atoms with Crippen molar-refractivity contribution < 1.29 is 5.11 Å². The van der Waals surface area contributed by atoms with Gasteiger partial charge in [-0.15, -0.1) is 0 Å². The average Bonchev–Trinajstić information content (AvgIpc) is 2.24. The molecule has 1 atom stereocenters. The van der Waals surface area contributed by atoms with Crippen LogP contribution in [0.4, 0.5) is 0 Å². The Kier molecular flexibility index (Phi) is 2.20. The van der Waals surface area contributed by atoms with Crippen molar-refractivity contribution in [3.05, 3.63) is 34.2 Å². The number of aryl methyl sites for hydroxylation is 2. The van der Waals surface area contributed by atoms with E-state index < -0.39 is 5.60 Å². The molecule has 1 aromatic heterocycles. The highest BCUT2D eigenvalue weighted by atomic mass is 16.3. The molecule has 1 N–H and O–H groups in total. The highest BCUT2D eigenvalue weighted by Crippen LogP contribution is 2.07. The lowest BCUT2D eigenvalue weighted by atomic mass is 10.1.